The van der Waals surface area contributed by atoms with Crippen LogP contribution in [0.3, 0.4) is 0 Å². The maximum atomic E-state index is 4.57. The van der Waals surface area contributed by atoms with Gasteiger partial charge in [-0.25, -0.2) is 9.97 Å². The van der Waals surface area contributed by atoms with Crippen LogP contribution in [0.15, 0.2) is 60.9 Å². The zero-order valence-electron chi connectivity index (χ0n) is 11.7. The number of hydrogen-bond acceptors (Lipinski definition) is 2. The first kappa shape index (κ1) is 11.5. The van der Waals surface area contributed by atoms with Crippen LogP contribution in [-0.4, -0.2) is 19.9 Å². The van der Waals surface area contributed by atoms with Crippen LogP contribution in [0.2, 0.25) is 0 Å². The molecule has 22 heavy (non-hydrogen) atoms. The van der Waals surface area contributed by atoms with E-state index in [0.29, 0.717) is 0 Å². The highest BCUT2D eigenvalue weighted by Crippen LogP contribution is 2.31. The molecular weight excluding hydrogens is 272 g/mol. The average Bonchev–Trinajstić information content (AvgIpc) is 3.16. The molecule has 4 aromatic heterocycles. The van der Waals surface area contributed by atoms with Gasteiger partial charge in [-0.15, -0.1) is 0 Å². The standard InChI is InChI=1S/C18H12N4/c1-2-5-11(6-3-1)15-9-13-16-14(10-20-18(13)21-15)12-7-4-8-19-17(12)22-16/h1-10H,(H,19,22)(H,20,21). The summed E-state index contributed by atoms with van der Waals surface area (Å²) in [7, 11) is 0. The first-order valence-corrected chi connectivity index (χ1v) is 7.20. The topological polar surface area (TPSA) is 57.4 Å². The van der Waals surface area contributed by atoms with Crippen molar-refractivity contribution in [1.82, 2.24) is 19.9 Å². The zero-order chi connectivity index (χ0) is 14.5. The smallest absolute Gasteiger partial charge is 0.139 e. The largest absolute Gasteiger partial charge is 0.339 e. The van der Waals surface area contributed by atoms with Crippen molar-refractivity contribution in [2.45, 2.75) is 0 Å². The van der Waals surface area contributed by atoms with E-state index < -0.39 is 0 Å². The number of H-pyrrole nitrogens is 2. The third-order valence-electron chi connectivity index (χ3n) is 4.08. The molecule has 0 unspecified atom stereocenters. The second-order valence-electron chi connectivity index (χ2n) is 5.38. The Morgan fingerprint density at radius 2 is 1.59 bits per heavy atom. The lowest BCUT2D eigenvalue weighted by atomic mass is 10.1. The molecule has 0 saturated heterocycles. The summed E-state index contributed by atoms with van der Waals surface area (Å²) in [6.07, 6.45) is 3.71. The fraction of sp³-hybridized carbons (Fsp3) is 0. The summed E-state index contributed by atoms with van der Waals surface area (Å²) in [5, 5.41) is 3.30. The Bertz CT molecular complexity index is 1120. The van der Waals surface area contributed by atoms with E-state index in [2.05, 4.69) is 44.2 Å². The van der Waals surface area contributed by atoms with E-state index in [4.69, 9.17) is 0 Å². The van der Waals surface area contributed by atoms with E-state index in [9.17, 15) is 0 Å². The third-order valence-corrected chi connectivity index (χ3v) is 4.08. The SMILES string of the molecule is c1ccc(-c2cc3c(ncc4c5cccnc5[nH]c34)[nH]2)cc1. The quantitative estimate of drug-likeness (QED) is 0.483. The van der Waals surface area contributed by atoms with Crippen LogP contribution in [0.25, 0.3) is 44.2 Å². The highest BCUT2D eigenvalue weighted by atomic mass is 14.9. The minimum atomic E-state index is 0.887. The molecular formula is C18H12N4. The molecule has 1 aromatic carbocycles. The summed E-state index contributed by atoms with van der Waals surface area (Å²) < 4.78 is 0. The van der Waals surface area contributed by atoms with Gasteiger partial charge >= 0.3 is 0 Å². The van der Waals surface area contributed by atoms with Gasteiger partial charge in [-0.1, -0.05) is 30.3 Å². The second-order valence-corrected chi connectivity index (χ2v) is 5.38. The van der Waals surface area contributed by atoms with E-state index in [1.54, 1.807) is 6.20 Å². The van der Waals surface area contributed by atoms with Crippen LogP contribution in [0, 0.1) is 0 Å². The van der Waals surface area contributed by atoms with Crippen LogP contribution in [0.4, 0.5) is 0 Å². The fourth-order valence-electron chi connectivity index (χ4n) is 3.03. The van der Waals surface area contributed by atoms with Crippen molar-refractivity contribution in [3.63, 3.8) is 0 Å². The lowest BCUT2D eigenvalue weighted by molar-refractivity contribution is 1.34. The number of aromatic amines is 2. The predicted octanol–water partition coefficient (Wildman–Crippen LogP) is 4.26. The molecule has 4 nitrogen and oxygen atoms in total. The van der Waals surface area contributed by atoms with Crippen molar-refractivity contribution in [2.75, 3.05) is 0 Å². The molecule has 0 amide bonds. The number of aromatic nitrogens is 4. The van der Waals surface area contributed by atoms with Crippen molar-refractivity contribution >= 4 is 33.0 Å². The molecule has 0 aliphatic rings. The highest BCUT2D eigenvalue weighted by molar-refractivity contribution is 6.15. The van der Waals surface area contributed by atoms with E-state index in [1.165, 1.54) is 0 Å². The van der Waals surface area contributed by atoms with Crippen LogP contribution >= 0.6 is 0 Å². The molecule has 2 N–H and O–H groups in total. The van der Waals surface area contributed by atoms with Crippen molar-refractivity contribution < 1.29 is 0 Å². The van der Waals surface area contributed by atoms with Crippen molar-refractivity contribution in [1.29, 1.82) is 0 Å². The zero-order valence-corrected chi connectivity index (χ0v) is 11.7. The molecule has 0 spiro atoms. The van der Waals surface area contributed by atoms with Gasteiger partial charge in [0.25, 0.3) is 0 Å². The minimum absolute atomic E-state index is 0.887. The molecule has 0 atom stereocenters. The molecule has 5 aromatic rings. The molecule has 0 fully saturated rings. The van der Waals surface area contributed by atoms with Gasteiger partial charge in [0.1, 0.15) is 11.3 Å². The molecule has 0 saturated carbocycles. The summed E-state index contributed by atoms with van der Waals surface area (Å²) >= 11 is 0. The van der Waals surface area contributed by atoms with Crippen molar-refractivity contribution in [2.24, 2.45) is 0 Å². The van der Waals surface area contributed by atoms with E-state index >= 15 is 0 Å². The summed E-state index contributed by atoms with van der Waals surface area (Å²) in [5.41, 5.74) is 5.09. The van der Waals surface area contributed by atoms with Crippen LogP contribution < -0.4 is 0 Å². The number of nitrogens with zero attached hydrogens (tertiary/aromatic N) is 2. The number of benzene rings is 1. The summed E-state index contributed by atoms with van der Waals surface area (Å²) in [6, 6.07) is 16.4. The Balaban J connectivity index is 1.87. The molecule has 0 radical (unpaired) electrons. The number of pyridine rings is 2. The van der Waals surface area contributed by atoms with Crippen LogP contribution in [-0.2, 0) is 0 Å². The van der Waals surface area contributed by atoms with Crippen molar-refractivity contribution in [3.8, 4) is 11.3 Å². The molecule has 104 valence electrons. The monoisotopic (exact) mass is 284 g/mol. The molecule has 0 bridgehead atoms. The summed E-state index contributed by atoms with van der Waals surface area (Å²) in [5.74, 6) is 0. The number of nitrogens with one attached hydrogen (secondary N) is 2. The Labute approximate surface area is 125 Å². The third kappa shape index (κ3) is 1.52. The maximum absolute atomic E-state index is 4.57. The molecule has 5 rings (SSSR count). The lowest BCUT2D eigenvalue weighted by Crippen LogP contribution is -1.78. The van der Waals surface area contributed by atoms with Gasteiger partial charge in [-0.2, -0.15) is 0 Å². The Kier molecular flexibility index (Phi) is 2.19. The van der Waals surface area contributed by atoms with Gasteiger partial charge in [-0.05, 0) is 23.8 Å². The number of hydrogen-bond donors (Lipinski definition) is 2. The van der Waals surface area contributed by atoms with Crippen LogP contribution in [0.1, 0.15) is 0 Å². The number of fused-ring (bicyclic) bond motifs is 5. The fourth-order valence-corrected chi connectivity index (χ4v) is 3.03. The number of rotatable bonds is 1. The van der Waals surface area contributed by atoms with Gasteiger partial charge in [-0.3, -0.25) is 0 Å². The summed E-state index contributed by atoms with van der Waals surface area (Å²) in [6.45, 7) is 0. The molecule has 4 heterocycles. The van der Waals surface area contributed by atoms with E-state index in [-0.39, 0.29) is 0 Å². The minimum Gasteiger partial charge on any atom is -0.339 e. The van der Waals surface area contributed by atoms with Crippen LogP contribution in [0.5, 0.6) is 0 Å². The maximum Gasteiger partial charge on any atom is 0.139 e. The Morgan fingerprint density at radius 3 is 2.50 bits per heavy atom. The molecule has 0 aliphatic heterocycles. The Morgan fingerprint density at radius 1 is 0.727 bits per heavy atom. The first-order chi connectivity index (χ1) is 10.9. The molecule has 0 aliphatic carbocycles. The molecule has 4 heteroatoms. The predicted molar refractivity (Wildman–Crippen MR) is 88.7 cm³/mol. The van der Waals surface area contributed by atoms with Gasteiger partial charge in [0.2, 0.25) is 0 Å². The normalized spacial score (nSPS) is 11.6. The second kappa shape index (κ2) is 4.18. The van der Waals surface area contributed by atoms with Crippen molar-refractivity contribution in [3.05, 3.63) is 60.9 Å². The van der Waals surface area contributed by atoms with E-state index in [1.807, 2.05) is 30.5 Å². The summed E-state index contributed by atoms with van der Waals surface area (Å²) in [4.78, 5) is 15.8. The van der Waals surface area contributed by atoms with Gasteiger partial charge in [0.05, 0.1) is 5.52 Å². The first-order valence-electron chi connectivity index (χ1n) is 7.20. The lowest BCUT2D eigenvalue weighted by Gasteiger charge is -1.94. The highest BCUT2D eigenvalue weighted by Gasteiger charge is 2.11. The van der Waals surface area contributed by atoms with Gasteiger partial charge in [0, 0.05) is 34.2 Å². The van der Waals surface area contributed by atoms with Gasteiger partial charge < -0.3 is 9.97 Å². The van der Waals surface area contributed by atoms with Gasteiger partial charge in [0.15, 0.2) is 0 Å². The average molecular weight is 284 g/mol. The Hall–Kier alpha value is -3.14. The van der Waals surface area contributed by atoms with E-state index in [0.717, 1.165) is 44.2 Å².